The van der Waals surface area contributed by atoms with Gasteiger partial charge in [-0.3, -0.25) is 0 Å². The van der Waals surface area contributed by atoms with Crippen LogP contribution in [0.15, 0.2) is 16.8 Å². The van der Waals surface area contributed by atoms with E-state index in [1.54, 1.807) is 0 Å². The highest BCUT2D eigenvalue weighted by Gasteiger charge is 2.35. The van der Waals surface area contributed by atoms with Gasteiger partial charge in [-0.2, -0.15) is 0 Å². The SMILES string of the molecule is CCC1=C[C@@H](N=[N+]=[N-])C(O)[C@@H](O)C1O. The van der Waals surface area contributed by atoms with Crippen molar-refractivity contribution in [3.63, 3.8) is 0 Å². The molecule has 0 amide bonds. The van der Waals surface area contributed by atoms with Crippen LogP contribution < -0.4 is 0 Å². The highest BCUT2D eigenvalue weighted by Crippen LogP contribution is 2.24. The summed E-state index contributed by atoms with van der Waals surface area (Å²) in [5.74, 6) is 0. The third-order valence-electron chi connectivity index (χ3n) is 2.38. The van der Waals surface area contributed by atoms with Crippen LogP contribution in [0.2, 0.25) is 0 Å². The lowest BCUT2D eigenvalue weighted by Gasteiger charge is -2.32. The largest absolute Gasteiger partial charge is 0.390 e. The summed E-state index contributed by atoms with van der Waals surface area (Å²) in [5.41, 5.74) is 8.80. The minimum absolute atomic E-state index is 0.544. The van der Waals surface area contributed by atoms with Gasteiger partial charge in [-0.15, -0.1) is 0 Å². The van der Waals surface area contributed by atoms with Crippen LogP contribution in [0, 0.1) is 0 Å². The predicted octanol–water partition coefficient (Wildman–Crippen LogP) is 0.0980. The average Bonchev–Trinajstić information content (AvgIpc) is 2.19. The zero-order valence-corrected chi connectivity index (χ0v) is 7.78. The quantitative estimate of drug-likeness (QED) is 0.254. The van der Waals surface area contributed by atoms with Gasteiger partial charge in [0.1, 0.15) is 12.2 Å². The summed E-state index contributed by atoms with van der Waals surface area (Å²) in [6, 6.07) is -0.798. The summed E-state index contributed by atoms with van der Waals surface area (Å²) in [6.45, 7) is 1.81. The van der Waals surface area contributed by atoms with E-state index in [2.05, 4.69) is 10.0 Å². The Kier molecular flexibility index (Phi) is 3.49. The second-order valence-electron chi connectivity index (χ2n) is 3.22. The Morgan fingerprint density at radius 2 is 2.07 bits per heavy atom. The molecule has 1 aliphatic rings. The molecule has 3 N–H and O–H groups in total. The van der Waals surface area contributed by atoms with E-state index in [0.29, 0.717) is 12.0 Å². The topological polar surface area (TPSA) is 109 Å². The van der Waals surface area contributed by atoms with E-state index in [1.165, 1.54) is 6.08 Å². The van der Waals surface area contributed by atoms with Gasteiger partial charge in [0, 0.05) is 4.91 Å². The van der Waals surface area contributed by atoms with Crippen molar-refractivity contribution in [1.82, 2.24) is 0 Å². The maximum atomic E-state index is 9.48. The highest BCUT2D eigenvalue weighted by atomic mass is 16.4. The third-order valence-corrected chi connectivity index (χ3v) is 2.38. The lowest BCUT2D eigenvalue weighted by Crippen LogP contribution is -2.47. The first-order valence-electron chi connectivity index (χ1n) is 4.40. The summed E-state index contributed by atoms with van der Waals surface area (Å²) < 4.78 is 0. The molecule has 2 unspecified atom stereocenters. The third kappa shape index (κ3) is 1.88. The summed E-state index contributed by atoms with van der Waals surface area (Å²) in [7, 11) is 0. The molecular formula is C8H13N3O3. The van der Waals surface area contributed by atoms with Gasteiger partial charge in [0.15, 0.2) is 0 Å². The highest BCUT2D eigenvalue weighted by molar-refractivity contribution is 5.21. The van der Waals surface area contributed by atoms with Gasteiger partial charge in [0.25, 0.3) is 0 Å². The Balaban J connectivity index is 2.98. The number of hydrogen-bond acceptors (Lipinski definition) is 4. The Bertz CT molecular complexity index is 286. The molecule has 0 aromatic heterocycles. The Morgan fingerprint density at radius 3 is 2.57 bits per heavy atom. The number of aliphatic hydroxyl groups is 3. The number of hydrogen-bond donors (Lipinski definition) is 3. The van der Waals surface area contributed by atoms with Crippen molar-refractivity contribution in [2.75, 3.05) is 0 Å². The summed E-state index contributed by atoms with van der Waals surface area (Å²) >= 11 is 0. The zero-order chi connectivity index (χ0) is 10.7. The van der Waals surface area contributed by atoms with Crippen LogP contribution >= 0.6 is 0 Å². The van der Waals surface area contributed by atoms with E-state index in [4.69, 9.17) is 5.53 Å². The summed E-state index contributed by atoms with van der Waals surface area (Å²) in [5, 5.41) is 31.7. The maximum Gasteiger partial charge on any atom is 0.110 e. The molecule has 0 aromatic rings. The lowest BCUT2D eigenvalue weighted by molar-refractivity contribution is -0.0574. The molecule has 0 bridgehead atoms. The fourth-order valence-corrected chi connectivity index (χ4v) is 1.51. The lowest BCUT2D eigenvalue weighted by atomic mass is 9.87. The molecular weight excluding hydrogens is 186 g/mol. The van der Waals surface area contributed by atoms with E-state index < -0.39 is 24.4 Å². The number of nitrogens with zero attached hydrogens (tertiary/aromatic N) is 3. The second kappa shape index (κ2) is 4.43. The number of rotatable bonds is 2. The van der Waals surface area contributed by atoms with E-state index in [1.807, 2.05) is 6.92 Å². The minimum Gasteiger partial charge on any atom is -0.390 e. The van der Waals surface area contributed by atoms with Crippen LogP contribution in [0.3, 0.4) is 0 Å². The van der Waals surface area contributed by atoms with Gasteiger partial charge in [0.2, 0.25) is 0 Å². The van der Waals surface area contributed by atoms with E-state index in [9.17, 15) is 15.3 Å². The Hall–Kier alpha value is -1.07. The van der Waals surface area contributed by atoms with Crippen LogP contribution in [0.25, 0.3) is 10.4 Å². The van der Waals surface area contributed by atoms with Gasteiger partial charge in [-0.25, -0.2) is 0 Å². The van der Waals surface area contributed by atoms with Gasteiger partial charge in [0.05, 0.1) is 12.1 Å². The molecule has 0 aromatic carbocycles. The number of aliphatic hydroxyl groups excluding tert-OH is 3. The van der Waals surface area contributed by atoms with Crippen LogP contribution in [0.1, 0.15) is 13.3 Å². The summed E-state index contributed by atoms with van der Waals surface area (Å²) in [4.78, 5) is 2.57. The Labute approximate surface area is 81.1 Å². The van der Waals surface area contributed by atoms with Crippen LogP contribution in [-0.4, -0.2) is 39.7 Å². The van der Waals surface area contributed by atoms with Crippen molar-refractivity contribution in [3.05, 3.63) is 22.1 Å². The molecule has 0 spiro atoms. The van der Waals surface area contributed by atoms with Gasteiger partial charge < -0.3 is 15.3 Å². The first kappa shape index (κ1) is 11.0. The van der Waals surface area contributed by atoms with Crippen molar-refractivity contribution in [3.8, 4) is 0 Å². The van der Waals surface area contributed by atoms with Crippen molar-refractivity contribution in [1.29, 1.82) is 0 Å². The predicted molar refractivity (Wildman–Crippen MR) is 49.3 cm³/mol. The smallest absolute Gasteiger partial charge is 0.110 e. The molecule has 4 atom stereocenters. The molecule has 78 valence electrons. The second-order valence-corrected chi connectivity index (χ2v) is 3.22. The molecule has 0 fully saturated rings. The molecule has 6 heteroatoms. The molecule has 14 heavy (non-hydrogen) atoms. The van der Waals surface area contributed by atoms with Gasteiger partial charge in [-0.1, -0.05) is 18.1 Å². The van der Waals surface area contributed by atoms with Gasteiger partial charge in [-0.05, 0) is 17.5 Å². The van der Waals surface area contributed by atoms with Crippen LogP contribution in [0.5, 0.6) is 0 Å². The minimum atomic E-state index is -1.29. The Morgan fingerprint density at radius 1 is 1.43 bits per heavy atom. The monoisotopic (exact) mass is 199 g/mol. The van der Waals surface area contributed by atoms with Crippen molar-refractivity contribution in [2.45, 2.75) is 37.7 Å². The molecule has 1 aliphatic carbocycles. The van der Waals surface area contributed by atoms with Crippen molar-refractivity contribution in [2.24, 2.45) is 5.11 Å². The van der Waals surface area contributed by atoms with E-state index in [-0.39, 0.29) is 0 Å². The fraction of sp³-hybridized carbons (Fsp3) is 0.750. The van der Waals surface area contributed by atoms with Crippen LogP contribution in [0.4, 0.5) is 0 Å². The molecule has 0 saturated carbocycles. The van der Waals surface area contributed by atoms with E-state index in [0.717, 1.165) is 0 Å². The molecule has 0 radical (unpaired) electrons. The zero-order valence-electron chi connectivity index (χ0n) is 7.78. The normalized spacial score (nSPS) is 37.3. The summed E-state index contributed by atoms with van der Waals surface area (Å²) in [6.07, 6.45) is -1.55. The molecule has 0 heterocycles. The molecule has 1 rings (SSSR count). The maximum absolute atomic E-state index is 9.48. The molecule has 0 aliphatic heterocycles. The van der Waals surface area contributed by atoms with Gasteiger partial charge >= 0.3 is 0 Å². The first-order valence-corrected chi connectivity index (χ1v) is 4.40. The van der Waals surface area contributed by atoms with Crippen molar-refractivity contribution >= 4 is 0 Å². The standard InChI is InChI=1S/C8H13N3O3/c1-2-4-3-5(10-11-9)7(13)8(14)6(4)12/h3,5-8,12-14H,2H2,1H3/t5-,6?,7?,8+/m1/s1. The number of azide groups is 1. The first-order chi connectivity index (χ1) is 6.61. The molecule has 6 nitrogen and oxygen atoms in total. The fourth-order valence-electron chi connectivity index (χ4n) is 1.51. The van der Waals surface area contributed by atoms with Crippen LogP contribution in [-0.2, 0) is 0 Å². The van der Waals surface area contributed by atoms with Crippen molar-refractivity contribution < 1.29 is 15.3 Å². The van der Waals surface area contributed by atoms with E-state index >= 15 is 0 Å². The molecule has 0 saturated heterocycles. The average molecular weight is 199 g/mol.